The third-order valence-corrected chi connectivity index (χ3v) is 5.61. The van der Waals surface area contributed by atoms with E-state index in [4.69, 9.17) is 0 Å². The summed E-state index contributed by atoms with van der Waals surface area (Å²) in [6, 6.07) is 7.34. The number of rotatable bonds is 5. The number of halogens is 1. The molecule has 1 atom stereocenters. The number of nitrogens with zero attached hydrogens (tertiary/aromatic N) is 1. The second-order valence-corrected chi connectivity index (χ2v) is 7.06. The van der Waals surface area contributed by atoms with Crippen LogP contribution in [0.25, 0.3) is 0 Å². The molecule has 114 valence electrons. The molecule has 1 saturated heterocycles. The maximum atomic E-state index is 12.5. The van der Waals surface area contributed by atoms with E-state index >= 15 is 0 Å². The SMILES string of the molecule is CCCc1ccc(S(=O)(=O)N(C)C2CCNC2)cc1.Cl. The molecule has 1 fully saturated rings. The van der Waals surface area contributed by atoms with Crippen LogP contribution in [0, 0.1) is 0 Å². The molecule has 2 rings (SSSR count). The highest BCUT2D eigenvalue weighted by molar-refractivity contribution is 7.89. The van der Waals surface area contributed by atoms with Crippen LogP contribution in [0.1, 0.15) is 25.3 Å². The lowest BCUT2D eigenvalue weighted by molar-refractivity contribution is 0.388. The Kier molecular flexibility index (Phi) is 6.45. The van der Waals surface area contributed by atoms with Crippen LogP contribution in [0.5, 0.6) is 0 Å². The smallest absolute Gasteiger partial charge is 0.243 e. The maximum absolute atomic E-state index is 12.5. The van der Waals surface area contributed by atoms with Gasteiger partial charge in [0.15, 0.2) is 0 Å². The first kappa shape index (κ1) is 17.4. The van der Waals surface area contributed by atoms with Crippen molar-refractivity contribution in [2.24, 2.45) is 0 Å². The lowest BCUT2D eigenvalue weighted by atomic mass is 10.1. The zero-order valence-corrected chi connectivity index (χ0v) is 13.6. The van der Waals surface area contributed by atoms with Crippen LogP contribution in [0.4, 0.5) is 0 Å². The summed E-state index contributed by atoms with van der Waals surface area (Å²) >= 11 is 0. The summed E-state index contributed by atoms with van der Waals surface area (Å²) in [6.45, 7) is 3.75. The zero-order chi connectivity index (χ0) is 13.9. The van der Waals surface area contributed by atoms with Gasteiger partial charge in [-0.1, -0.05) is 25.5 Å². The Hall–Kier alpha value is -0.620. The minimum absolute atomic E-state index is 0. The molecular formula is C14H23ClN2O2S. The van der Waals surface area contributed by atoms with Gasteiger partial charge in [-0.15, -0.1) is 12.4 Å². The van der Waals surface area contributed by atoms with Crippen LogP contribution >= 0.6 is 12.4 Å². The van der Waals surface area contributed by atoms with Crippen LogP contribution in [0.15, 0.2) is 29.2 Å². The van der Waals surface area contributed by atoms with Crippen LogP contribution in [0.3, 0.4) is 0 Å². The summed E-state index contributed by atoms with van der Waals surface area (Å²) < 4.78 is 26.5. The van der Waals surface area contributed by atoms with Crippen molar-refractivity contribution >= 4 is 22.4 Å². The zero-order valence-electron chi connectivity index (χ0n) is 12.0. The van der Waals surface area contributed by atoms with Gasteiger partial charge in [-0.05, 0) is 37.1 Å². The van der Waals surface area contributed by atoms with Crippen molar-refractivity contribution < 1.29 is 8.42 Å². The normalized spacial score (nSPS) is 19.1. The Morgan fingerprint density at radius 2 is 1.95 bits per heavy atom. The van der Waals surface area contributed by atoms with E-state index in [0.29, 0.717) is 4.90 Å². The first-order chi connectivity index (χ1) is 9.05. The van der Waals surface area contributed by atoms with E-state index in [1.165, 1.54) is 9.87 Å². The van der Waals surface area contributed by atoms with Gasteiger partial charge >= 0.3 is 0 Å². The number of hydrogen-bond donors (Lipinski definition) is 1. The molecule has 1 unspecified atom stereocenters. The molecule has 1 aromatic rings. The van der Waals surface area contributed by atoms with E-state index in [9.17, 15) is 8.42 Å². The van der Waals surface area contributed by atoms with Crippen molar-refractivity contribution in [2.75, 3.05) is 20.1 Å². The molecule has 0 spiro atoms. The van der Waals surface area contributed by atoms with Crippen molar-refractivity contribution in [3.63, 3.8) is 0 Å². The van der Waals surface area contributed by atoms with Gasteiger partial charge in [-0.25, -0.2) is 8.42 Å². The highest BCUT2D eigenvalue weighted by Gasteiger charge is 2.29. The highest BCUT2D eigenvalue weighted by Crippen LogP contribution is 2.20. The van der Waals surface area contributed by atoms with Crippen LogP contribution in [-0.2, 0) is 16.4 Å². The number of benzene rings is 1. The van der Waals surface area contributed by atoms with E-state index in [2.05, 4.69) is 12.2 Å². The van der Waals surface area contributed by atoms with E-state index in [1.54, 1.807) is 19.2 Å². The third kappa shape index (κ3) is 3.73. The van der Waals surface area contributed by atoms with E-state index < -0.39 is 10.0 Å². The second kappa shape index (κ2) is 7.41. The van der Waals surface area contributed by atoms with Crippen molar-refractivity contribution in [1.29, 1.82) is 0 Å². The average Bonchev–Trinajstić information content (AvgIpc) is 2.92. The molecule has 1 aliphatic rings. The fourth-order valence-electron chi connectivity index (χ4n) is 2.43. The monoisotopic (exact) mass is 318 g/mol. The largest absolute Gasteiger partial charge is 0.315 e. The first-order valence-corrected chi connectivity index (χ1v) is 8.27. The molecule has 0 amide bonds. The number of likely N-dealkylation sites (N-methyl/N-ethyl adjacent to an activating group) is 1. The third-order valence-electron chi connectivity index (χ3n) is 3.69. The molecule has 6 heteroatoms. The van der Waals surface area contributed by atoms with Crippen molar-refractivity contribution in [2.45, 2.75) is 37.1 Å². The predicted octanol–water partition coefficient (Wildman–Crippen LogP) is 2.04. The van der Waals surface area contributed by atoms with Crippen molar-refractivity contribution in [3.05, 3.63) is 29.8 Å². The molecule has 1 aromatic carbocycles. The molecule has 1 aliphatic heterocycles. The fraction of sp³-hybridized carbons (Fsp3) is 0.571. The summed E-state index contributed by atoms with van der Waals surface area (Å²) in [5.41, 5.74) is 1.19. The van der Waals surface area contributed by atoms with Gasteiger partial charge in [-0.2, -0.15) is 4.31 Å². The number of aryl methyl sites for hydroxylation is 1. The summed E-state index contributed by atoms with van der Waals surface area (Å²) in [4.78, 5) is 0.391. The Morgan fingerprint density at radius 3 is 2.45 bits per heavy atom. The Balaban J connectivity index is 0.00000200. The van der Waals surface area contributed by atoms with E-state index in [1.807, 2.05) is 12.1 Å². The molecule has 20 heavy (non-hydrogen) atoms. The summed E-state index contributed by atoms with van der Waals surface area (Å²) in [5, 5.41) is 3.20. The quantitative estimate of drug-likeness (QED) is 0.904. The molecule has 4 nitrogen and oxygen atoms in total. The summed E-state index contributed by atoms with van der Waals surface area (Å²) in [5.74, 6) is 0. The highest BCUT2D eigenvalue weighted by atomic mass is 35.5. The van der Waals surface area contributed by atoms with Gasteiger partial charge in [0.1, 0.15) is 0 Å². The standard InChI is InChI=1S/C14H22N2O2S.ClH/c1-3-4-12-5-7-14(8-6-12)19(17,18)16(2)13-9-10-15-11-13;/h5-8,13,15H,3-4,9-11H2,1-2H3;1H. The summed E-state index contributed by atoms with van der Waals surface area (Å²) in [7, 11) is -1.69. The van der Waals surface area contributed by atoms with Gasteiger partial charge in [0, 0.05) is 19.6 Å². The van der Waals surface area contributed by atoms with Gasteiger partial charge < -0.3 is 5.32 Å². The average molecular weight is 319 g/mol. The lowest BCUT2D eigenvalue weighted by Gasteiger charge is -2.23. The first-order valence-electron chi connectivity index (χ1n) is 6.83. The fourth-order valence-corrected chi connectivity index (χ4v) is 3.81. The minimum Gasteiger partial charge on any atom is -0.315 e. The Labute approximate surface area is 128 Å². The molecule has 1 heterocycles. The van der Waals surface area contributed by atoms with Crippen LogP contribution in [0.2, 0.25) is 0 Å². The molecule has 0 aliphatic carbocycles. The van der Waals surface area contributed by atoms with Crippen LogP contribution in [-0.4, -0.2) is 38.9 Å². The molecule has 0 radical (unpaired) electrons. The van der Waals surface area contributed by atoms with Gasteiger partial charge in [0.05, 0.1) is 4.90 Å². The van der Waals surface area contributed by atoms with E-state index in [-0.39, 0.29) is 18.4 Å². The topological polar surface area (TPSA) is 49.4 Å². The summed E-state index contributed by atoms with van der Waals surface area (Å²) in [6.07, 6.45) is 2.94. The molecular weight excluding hydrogens is 296 g/mol. The Bertz CT molecular complexity index is 510. The number of nitrogens with one attached hydrogen (secondary N) is 1. The number of sulfonamides is 1. The molecule has 0 bridgehead atoms. The number of hydrogen-bond acceptors (Lipinski definition) is 3. The van der Waals surface area contributed by atoms with Gasteiger partial charge in [0.25, 0.3) is 0 Å². The van der Waals surface area contributed by atoms with Gasteiger partial charge in [-0.3, -0.25) is 0 Å². The predicted molar refractivity (Wildman–Crippen MR) is 83.9 cm³/mol. The minimum atomic E-state index is -3.36. The maximum Gasteiger partial charge on any atom is 0.243 e. The van der Waals surface area contributed by atoms with Crippen molar-refractivity contribution in [1.82, 2.24) is 9.62 Å². The van der Waals surface area contributed by atoms with Crippen LogP contribution < -0.4 is 5.32 Å². The Morgan fingerprint density at radius 1 is 1.30 bits per heavy atom. The van der Waals surface area contributed by atoms with E-state index in [0.717, 1.165) is 32.4 Å². The van der Waals surface area contributed by atoms with Gasteiger partial charge in [0.2, 0.25) is 10.0 Å². The second-order valence-electron chi connectivity index (χ2n) is 5.06. The molecule has 1 N–H and O–H groups in total. The van der Waals surface area contributed by atoms with Crippen molar-refractivity contribution in [3.8, 4) is 0 Å². The molecule has 0 aromatic heterocycles. The lowest BCUT2D eigenvalue weighted by Crippen LogP contribution is -2.38. The molecule has 0 saturated carbocycles.